The zero-order valence-electron chi connectivity index (χ0n) is 12.5. The van der Waals surface area contributed by atoms with Crippen LogP contribution in [-0.4, -0.2) is 17.8 Å². The molecule has 1 unspecified atom stereocenters. The van der Waals surface area contributed by atoms with Gasteiger partial charge in [0.1, 0.15) is 0 Å². The monoisotopic (exact) mass is 339 g/mol. The van der Waals surface area contributed by atoms with Crippen LogP contribution in [0.2, 0.25) is 0 Å². The van der Waals surface area contributed by atoms with Gasteiger partial charge >= 0.3 is 6.18 Å². The van der Waals surface area contributed by atoms with Crippen LogP contribution >= 0.6 is 11.8 Å². The Bertz CT molecular complexity index is 717. The number of β-amino-alcohol motifs (C(OH)–C–C–N with tert-alkyl or cyclic N) is 1. The average molecular weight is 339 g/mol. The zero-order chi connectivity index (χ0) is 16.6. The number of nitrogens with zero attached hydrogens (tertiary/aromatic N) is 1. The van der Waals surface area contributed by atoms with Crippen LogP contribution in [0, 0.1) is 0 Å². The first-order valence-electron chi connectivity index (χ1n) is 7.34. The number of rotatable bonds is 3. The largest absolute Gasteiger partial charge is 0.416 e. The maximum atomic E-state index is 13.0. The lowest BCUT2D eigenvalue weighted by atomic mass is 10.1. The highest BCUT2D eigenvalue weighted by molar-refractivity contribution is 7.99. The summed E-state index contributed by atoms with van der Waals surface area (Å²) >= 11 is 1.45. The van der Waals surface area contributed by atoms with Gasteiger partial charge in [-0.15, -0.1) is 0 Å². The molecule has 2 aromatic carbocycles. The fraction of sp³-hybridized carbons (Fsp3) is 0.294. The zero-order valence-corrected chi connectivity index (χ0v) is 13.3. The maximum Gasteiger partial charge on any atom is 0.416 e. The molecule has 1 atom stereocenters. The molecule has 0 radical (unpaired) electrons. The molecular formula is C17H16F3NOS. The fourth-order valence-corrected chi connectivity index (χ4v) is 3.62. The van der Waals surface area contributed by atoms with E-state index in [1.165, 1.54) is 23.9 Å². The molecule has 1 aliphatic heterocycles. The summed E-state index contributed by atoms with van der Waals surface area (Å²) in [5.74, 6) is 0. The van der Waals surface area contributed by atoms with Gasteiger partial charge in [0.05, 0.1) is 23.0 Å². The molecule has 0 bridgehead atoms. The highest BCUT2D eigenvalue weighted by Gasteiger charge is 2.33. The minimum Gasteiger partial charge on any atom is -0.391 e. The molecule has 0 saturated heterocycles. The Morgan fingerprint density at radius 2 is 1.78 bits per heavy atom. The predicted molar refractivity (Wildman–Crippen MR) is 85.3 cm³/mol. The van der Waals surface area contributed by atoms with Gasteiger partial charge in [0.2, 0.25) is 0 Å². The topological polar surface area (TPSA) is 23.5 Å². The van der Waals surface area contributed by atoms with Crippen LogP contribution in [0.3, 0.4) is 0 Å². The quantitative estimate of drug-likeness (QED) is 0.844. The van der Waals surface area contributed by atoms with Crippen molar-refractivity contribution >= 4 is 23.1 Å². The maximum absolute atomic E-state index is 13.0. The van der Waals surface area contributed by atoms with Crippen LogP contribution in [0.1, 0.15) is 18.9 Å². The van der Waals surface area contributed by atoms with E-state index in [9.17, 15) is 18.3 Å². The van der Waals surface area contributed by atoms with E-state index < -0.39 is 17.8 Å². The van der Waals surface area contributed by atoms with Gasteiger partial charge in [-0.1, -0.05) is 30.8 Å². The number of hydrogen-bond acceptors (Lipinski definition) is 3. The summed E-state index contributed by atoms with van der Waals surface area (Å²) in [4.78, 5) is 3.52. The van der Waals surface area contributed by atoms with Crippen LogP contribution in [0.15, 0.2) is 52.3 Å². The summed E-state index contributed by atoms with van der Waals surface area (Å²) in [5.41, 5.74) is 0.653. The van der Waals surface area contributed by atoms with Gasteiger partial charge in [-0.25, -0.2) is 0 Å². The number of benzene rings is 2. The summed E-state index contributed by atoms with van der Waals surface area (Å²) in [6, 6.07) is 11.3. The number of aliphatic hydroxyl groups excluding tert-OH is 1. The summed E-state index contributed by atoms with van der Waals surface area (Å²) in [6.45, 7) is 2.12. The fourth-order valence-electron chi connectivity index (χ4n) is 2.54. The van der Waals surface area contributed by atoms with Crippen LogP contribution in [-0.2, 0) is 6.18 Å². The van der Waals surface area contributed by atoms with Crippen LogP contribution in [0.25, 0.3) is 0 Å². The van der Waals surface area contributed by atoms with Crippen LogP contribution in [0.5, 0.6) is 0 Å². The van der Waals surface area contributed by atoms with Crippen molar-refractivity contribution in [2.24, 2.45) is 0 Å². The van der Waals surface area contributed by atoms with E-state index in [0.29, 0.717) is 12.1 Å². The molecule has 6 heteroatoms. The van der Waals surface area contributed by atoms with E-state index in [1.807, 2.05) is 31.2 Å². The van der Waals surface area contributed by atoms with Crippen molar-refractivity contribution in [2.45, 2.75) is 35.4 Å². The molecule has 2 nitrogen and oxygen atoms in total. The first kappa shape index (κ1) is 16.2. The number of anilines is 2. The highest BCUT2D eigenvalue weighted by Crippen LogP contribution is 2.49. The van der Waals surface area contributed by atoms with Crippen molar-refractivity contribution in [3.8, 4) is 0 Å². The first-order chi connectivity index (χ1) is 10.9. The molecule has 23 heavy (non-hydrogen) atoms. The second-order valence-electron chi connectivity index (χ2n) is 5.42. The van der Waals surface area contributed by atoms with Gasteiger partial charge in [0.25, 0.3) is 0 Å². The Hall–Kier alpha value is -1.66. The van der Waals surface area contributed by atoms with Crippen LogP contribution < -0.4 is 4.90 Å². The van der Waals surface area contributed by atoms with Crippen molar-refractivity contribution < 1.29 is 18.3 Å². The van der Waals surface area contributed by atoms with E-state index in [-0.39, 0.29) is 6.54 Å². The third-order valence-corrected chi connectivity index (χ3v) is 4.95. The van der Waals surface area contributed by atoms with Crippen molar-refractivity contribution in [1.82, 2.24) is 0 Å². The Morgan fingerprint density at radius 3 is 2.48 bits per heavy atom. The van der Waals surface area contributed by atoms with Gasteiger partial charge in [0.15, 0.2) is 0 Å². The van der Waals surface area contributed by atoms with E-state index in [4.69, 9.17) is 0 Å². The Morgan fingerprint density at radius 1 is 1.09 bits per heavy atom. The first-order valence-corrected chi connectivity index (χ1v) is 8.15. The smallest absolute Gasteiger partial charge is 0.391 e. The standard InChI is InChI=1S/C17H16F3NOS/c1-2-12(22)10-21-13-5-3-4-6-15(13)23-16-8-7-11(9-14(16)21)17(18,19)20/h3-9,12,22H,2,10H2,1H3. The van der Waals surface area contributed by atoms with Crippen molar-refractivity contribution in [3.63, 3.8) is 0 Å². The minimum absolute atomic E-state index is 0.266. The summed E-state index contributed by atoms with van der Waals surface area (Å²) in [6.07, 6.45) is -4.44. The van der Waals surface area contributed by atoms with E-state index in [0.717, 1.165) is 21.5 Å². The molecule has 0 spiro atoms. The number of hydrogen-bond donors (Lipinski definition) is 1. The highest BCUT2D eigenvalue weighted by atomic mass is 32.2. The van der Waals surface area contributed by atoms with Crippen molar-refractivity contribution in [1.29, 1.82) is 0 Å². The third-order valence-electron chi connectivity index (χ3n) is 3.82. The second-order valence-corrected chi connectivity index (χ2v) is 6.51. The minimum atomic E-state index is -4.38. The van der Waals surface area contributed by atoms with E-state index >= 15 is 0 Å². The van der Waals surface area contributed by atoms with Gasteiger partial charge in [-0.3, -0.25) is 0 Å². The lowest BCUT2D eigenvalue weighted by Crippen LogP contribution is -2.30. The lowest BCUT2D eigenvalue weighted by Gasteiger charge is -2.34. The molecule has 1 aliphatic rings. The lowest BCUT2D eigenvalue weighted by molar-refractivity contribution is -0.137. The molecule has 0 aliphatic carbocycles. The average Bonchev–Trinajstić information content (AvgIpc) is 2.53. The van der Waals surface area contributed by atoms with Gasteiger partial charge in [0, 0.05) is 16.3 Å². The molecule has 3 rings (SSSR count). The van der Waals surface area contributed by atoms with Crippen molar-refractivity contribution in [2.75, 3.05) is 11.4 Å². The summed E-state index contributed by atoms with van der Waals surface area (Å²) in [7, 11) is 0. The van der Waals surface area contributed by atoms with E-state index in [1.54, 1.807) is 4.90 Å². The van der Waals surface area contributed by atoms with Gasteiger partial charge < -0.3 is 10.0 Å². The molecule has 1 N–H and O–H groups in total. The molecule has 0 saturated carbocycles. The Balaban J connectivity index is 2.10. The van der Waals surface area contributed by atoms with Crippen LogP contribution in [0.4, 0.5) is 24.5 Å². The number of halogens is 3. The predicted octanol–water partition coefficient (Wildman–Crippen LogP) is 5.08. The molecule has 1 heterocycles. The summed E-state index contributed by atoms with van der Waals surface area (Å²) < 4.78 is 39.1. The number of para-hydroxylation sites is 1. The molecule has 2 aromatic rings. The van der Waals surface area contributed by atoms with Crippen molar-refractivity contribution in [3.05, 3.63) is 48.0 Å². The molecule has 122 valence electrons. The number of aliphatic hydroxyl groups is 1. The van der Waals surface area contributed by atoms with Gasteiger partial charge in [-0.05, 0) is 36.8 Å². The Kier molecular flexibility index (Phi) is 4.29. The SMILES string of the molecule is CCC(O)CN1c2ccccc2Sc2ccc(C(F)(F)F)cc21. The van der Waals surface area contributed by atoms with Gasteiger partial charge in [-0.2, -0.15) is 13.2 Å². The Labute approximate surface area is 136 Å². The summed E-state index contributed by atoms with van der Waals surface area (Å²) in [5, 5.41) is 10.0. The number of alkyl halides is 3. The molecular weight excluding hydrogens is 323 g/mol. The molecule has 0 aromatic heterocycles. The second kappa shape index (κ2) is 6.09. The molecule has 0 fully saturated rings. The van der Waals surface area contributed by atoms with E-state index in [2.05, 4.69) is 0 Å². The number of fused-ring (bicyclic) bond motifs is 2. The normalized spacial score (nSPS) is 15.1. The third kappa shape index (κ3) is 3.19. The molecule has 0 amide bonds.